The second kappa shape index (κ2) is 12.9. The monoisotopic (exact) mass is 513 g/mol. The highest BCUT2D eigenvalue weighted by molar-refractivity contribution is 5.98. The highest BCUT2D eigenvalue weighted by Crippen LogP contribution is 2.34. The number of anilines is 1. The number of piperidine rings is 1. The van der Waals surface area contributed by atoms with Gasteiger partial charge in [0, 0.05) is 42.9 Å². The maximum Gasteiger partial charge on any atom is 0.249 e. The van der Waals surface area contributed by atoms with Crippen molar-refractivity contribution in [2.75, 3.05) is 38.6 Å². The molecule has 1 aromatic heterocycles. The first kappa shape index (κ1) is 26.9. The summed E-state index contributed by atoms with van der Waals surface area (Å²) in [6.45, 7) is 6.10. The molecule has 1 aliphatic heterocycles. The van der Waals surface area contributed by atoms with Crippen molar-refractivity contribution < 1.29 is 14.3 Å². The molecule has 2 amide bonds. The minimum atomic E-state index is 0.0172. The van der Waals surface area contributed by atoms with E-state index < -0.39 is 0 Å². The third-order valence-corrected chi connectivity index (χ3v) is 6.87. The summed E-state index contributed by atoms with van der Waals surface area (Å²) in [5.74, 6) is 2.53. The van der Waals surface area contributed by atoms with Gasteiger partial charge in [-0.2, -0.15) is 0 Å². The summed E-state index contributed by atoms with van der Waals surface area (Å²) in [6, 6.07) is 17.9. The Balaban J connectivity index is 1.52. The molecule has 0 aliphatic carbocycles. The quantitative estimate of drug-likeness (QED) is 0.237. The predicted octanol–water partition coefficient (Wildman–Crippen LogP) is 4.43. The lowest BCUT2D eigenvalue weighted by Crippen LogP contribution is -2.38. The number of ether oxygens (including phenoxy) is 1. The minimum absolute atomic E-state index is 0.0172. The number of nitrogens with zero attached hydrogens (tertiary/aromatic N) is 3. The first-order chi connectivity index (χ1) is 18.5. The molecule has 0 unspecified atom stereocenters. The molecule has 1 saturated heterocycles. The average molecular weight is 514 g/mol. The van der Waals surface area contributed by atoms with Gasteiger partial charge in [0.15, 0.2) is 5.82 Å². The number of amides is 2. The molecule has 0 spiro atoms. The standard InChI is InChI=1S/C30H35N5O3/c1-21(30(37)35-17-13-23(14-18-35)25-11-7-8-12-27(25)38-3)19-26-22(2)33-28(24-9-5-4-6-10-24)34-29(26)32-16-15-31-20-36/h4-12,19-20,23H,13-18H2,1-3H3,(H,31,36)(H,32,33,34)/b21-19+. The van der Waals surface area contributed by atoms with E-state index in [0.717, 1.165) is 35.4 Å². The Hall–Kier alpha value is -4.20. The highest BCUT2D eigenvalue weighted by atomic mass is 16.5. The van der Waals surface area contributed by atoms with E-state index in [2.05, 4.69) is 16.7 Å². The summed E-state index contributed by atoms with van der Waals surface area (Å²) in [6.07, 6.45) is 4.32. The molecular formula is C30H35N5O3. The van der Waals surface area contributed by atoms with Crippen LogP contribution in [0.4, 0.5) is 5.82 Å². The summed E-state index contributed by atoms with van der Waals surface area (Å²) in [5.41, 5.74) is 4.29. The third-order valence-electron chi connectivity index (χ3n) is 6.87. The topological polar surface area (TPSA) is 96.4 Å². The van der Waals surface area contributed by atoms with Gasteiger partial charge in [-0.1, -0.05) is 48.5 Å². The van der Waals surface area contributed by atoms with Crippen LogP contribution in [0.5, 0.6) is 5.75 Å². The molecular weight excluding hydrogens is 478 g/mol. The zero-order valence-electron chi connectivity index (χ0n) is 22.2. The fraction of sp³-hybridized carbons (Fsp3) is 0.333. The molecule has 198 valence electrons. The summed E-state index contributed by atoms with van der Waals surface area (Å²) in [4.78, 5) is 35.5. The van der Waals surface area contributed by atoms with Crippen molar-refractivity contribution in [1.29, 1.82) is 0 Å². The molecule has 3 aromatic rings. The number of nitrogens with one attached hydrogen (secondary N) is 2. The first-order valence-corrected chi connectivity index (χ1v) is 13.0. The lowest BCUT2D eigenvalue weighted by molar-refractivity contribution is -0.128. The number of aromatic nitrogens is 2. The van der Waals surface area contributed by atoms with Crippen LogP contribution in [0.3, 0.4) is 0 Å². The number of likely N-dealkylation sites (tertiary alicyclic amines) is 1. The molecule has 2 heterocycles. The summed E-state index contributed by atoms with van der Waals surface area (Å²) in [7, 11) is 1.70. The van der Waals surface area contributed by atoms with Crippen molar-refractivity contribution in [3.8, 4) is 17.1 Å². The van der Waals surface area contributed by atoms with E-state index in [1.54, 1.807) is 7.11 Å². The van der Waals surface area contributed by atoms with Crippen LogP contribution in [-0.2, 0) is 9.59 Å². The molecule has 2 aromatic carbocycles. The number of hydrogen-bond donors (Lipinski definition) is 2. The molecule has 1 aliphatic rings. The van der Waals surface area contributed by atoms with E-state index in [-0.39, 0.29) is 5.91 Å². The van der Waals surface area contributed by atoms with Crippen molar-refractivity contribution in [1.82, 2.24) is 20.2 Å². The van der Waals surface area contributed by atoms with Gasteiger partial charge in [0.1, 0.15) is 11.6 Å². The van der Waals surface area contributed by atoms with E-state index in [1.165, 1.54) is 5.56 Å². The molecule has 8 nitrogen and oxygen atoms in total. The van der Waals surface area contributed by atoms with Crippen LogP contribution in [0.1, 0.15) is 42.5 Å². The van der Waals surface area contributed by atoms with Gasteiger partial charge >= 0.3 is 0 Å². The smallest absolute Gasteiger partial charge is 0.249 e. The molecule has 0 bridgehead atoms. The van der Waals surface area contributed by atoms with Crippen molar-refractivity contribution in [3.05, 3.63) is 77.0 Å². The molecule has 0 saturated carbocycles. The van der Waals surface area contributed by atoms with Crippen molar-refractivity contribution in [2.45, 2.75) is 32.6 Å². The van der Waals surface area contributed by atoms with Gasteiger partial charge in [0.2, 0.25) is 12.3 Å². The van der Waals surface area contributed by atoms with Gasteiger partial charge in [-0.25, -0.2) is 9.97 Å². The zero-order valence-corrected chi connectivity index (χ0v) is 22.2. The van der Waals surface area contributed by atoms with Crippen molar-refractivity contribution in [3.63, 3.8) is 0 Å². The summed E-state index contributed by atoms with van der Waals surface area (Å²) >= 11 is 0. The lowest BCUT2D eigenvalue weighted by atomic mass is 9.88. The van der Waals surface area contributed by atoms with Crippen LogP contribution in [0.2, 0.25) is 0 Å². The van der Waals surface area contributed by atoms with Gasteiger partial charge in [-0.05, 0) is 50.3 Å². The van der Waals surface area contributed by atoms with Crippen molar-refractivity contribution >= 4 is 24.2 Å². The van der Waals surface area contributed by atoms with Crippen LogP contribution in [-0.4, -0.2) is 60.5 Å². The van der Waals surface area contributed by atoms with E-state index in [1.807, 2.05) is 73.4 Å². The van der Waals surface area contributed by atoms with Crippen LogP contribution >= 0.6 is 0 Å². The van der Waals surface area contributed by atoms with Gasteiger partial charge < -0.3 is 20.3 Å². The van der Waals surface area contributed by atoms with E-state index in [4.69, 9.17) is 14.7 Å². The Labute approximate surface area is 224 Å². The molecule has 2 N–H and O–H groups in total. The highest BCUT2D eigenvalue weighted by Gasteiger charge is 2.26. The number of rotatable bonds is 10. The molecule has 8 heteroatoms. The van der Waals surface area contributed by atoms with E-state index in [9.17, 15) is 9.59 Å². The number of aryl methyl sites for hydroxylation is 1. The normalized spacial score (nSPS) is 14.2. The second-order valence-corrected chi connectivity index (χ2v) is 9.40. The Kier molecular flexibility index (Phi) is 9.08. The molecule has 1 fully saturated rings. The van der Waals surface area contributed by atoms with Gasteiger partial charge in [0.25, 0.3) is 0 Å². The molecule has 0 radical (unpaired) electrons. The number of carbonyl (C=O) groups excluding carboxylic acids is 2. The van der Waals surface area contributed by atoms with Crippen LogP contribution < -0.4 is 15.4 Å². The molecule has 0 atom stereocenters. The third kappa shape index (κ3) is 6.37. The number of methoxy groups -OCH3 is 1. The first-order valence-electron chi connectivity index (χ1n) is 13.0. The van der Waals surface area contributed by atoms with Gasteiger partial charge in [-0.3, -0.25) is 9.59 Å². The number of hydrogen-bond acceptors (Lipinski definition) is 6. The second-order valence-electron chi connectivity index (χ2n) is 9.40. The van der Waals surface area contributed by atoms with E-state index >= 15 is 0 Å². The van der Waals surface area contributed by atoms with Crippen LogP contribution in [0.25, 0.3) is 17.5 Å². The van der Waals surface area contributed by atoms with Crippen LogP contribution in [0.15, 0.2) is 60.2 Å². The lowest BCUT2D eigenvalue weighted by Gasteiger charge is -2.33. The average Bonchev–Trinajstić information content (AvgIpc) is 2.96. The van der Waals surface area contributed by atoms with Crippen LogP contribution in [0, 0.1) is 6.92 Å². The largest absolute Gasteiger partial charge is 0.496 e. The summed E-state index contributed by atoms with van der Waals surface area (Å²) < 4.78 is 5.55. The molecule has 38 heavy (non-hydrogen) atoms. The van der Waals surface area contributed by atoms with Crippen molar-refractivity contribution in [2.24, 2.45) is 0 Å². The fourth-order valence-electron chi connectivity index (χ4n) is 4.84. The Morgan fingerprint density at radius 1 is 1.05 bits per heavy atom. The van der Waals surface area contributed by atoms with Gasteiger partial charge in [-0.15, -0.1) is 0 Å². The maximum atomic E-state index is 13.4. The van der Waals surface area contributed by atoms with E-state index in [0.29, 0.717) is 55.7 Å². The SMILES string of the molecule is COc1ccccc1C1CCN(C(=O)/C(C)=C/c2c(C)nc(-c3ccccc3)nc2NCCNC=O)CC1. The number of carbonyl (C=O) groups is 2. The minimum Gasteiger partial charge on any atom is -0.496 e. The fourth-order valence-corrected chi connectivity index (χ4v) is 4.84. The molecule has 4 rings (SSSR count). The number of para-hydroxylation sites is 1. The predicted molar refractivity (Wildman–Crippen MR) is 150 cm³/mol. The zero-order chi connectivity index (χ0) is 26.9. The Bertz CT molecular complexity index is 1280. The maximum absolute atomic E-state index is 13.4. The Morgan fingerprint density at radius 2 is 1.76 bits per heavy atom. The van der Waals surface area contributed by atoms with Gasteiger partial charge in [0.05, 0.1) is 12.8 Å². The Morgan fingerprint density at radius 3 is 2.47 bits per heavy atom. The summed E-state index contributed by atoms with van der Waals surface area (Å²) in [5, 5.41) is 5.96. The number of benzene rings is 2.